The Morgan fingerprint density at radius 3 is 0.866 bits per heavy atom. The van der Waals surface area contributed by atoms with Gasteiger partial charge >= 0.3 is 0 Å². The van der Waals surface area contributed by atoms with Crippen molar-refractivity contribution in [3.8, 4) is 100 Å². The van der Waals surface area contributed by atoms with Gasteiger partial charge in [0.1, 0.15) is 0 Å². The normalized spacial score (nSPS) is 12.5. The molecule has 0 radical (unpaired) electrons. The van der Waals surface area contributed by atoms with Crippen LogP contribution < -0.4 is 9.80 Å². The summed E-state index contributed by atoms with van der Waals surface area (Å²) in [5.41, 5.74) is 42.2. The predicted octanol–water partition coefficient (Wildman–Crippen LogP) is 36.4. The molecule has 0 atom stereocenters. The van der Waals surface area contributed by atoms with E-state index < -0.39 is 10.8 Å². The van der Waals surface area contributed by atoms with Crippen molar-refractivity contribution in [3.63, 3.8) is 0 Å². The third kappa shape index (κ3) is 14.4. The fraction of sp³-hybridized carbons (Fsp3) is 0.0145. The van der Waals surface area contributed by atoms with Crippen molar-refractivity contribution in [1.82, 2.24) is 9.13 Å². The highest BCUT2D eigenvalue weighted by molar-refractivity contribution is 6.12. The Morgan fingerprint density at radius 2 is 0.430 bits per heavy atom. The van der Waals surface area contributed by atoms with Crippen LogP contribution in [0.5, 0.6) is 0 Å². The zero-order valence-electron chi connectivity index (χ0n) is 78.1. The Balaban J connectivity index is 0.000000146. The summed E-state index contributed by atoms with van der Waals surface area (Å²) in [6.07, 6.45) is 0. The lowest BCUT2D eigenvalue weighted by molar-refractivity contribution is 0.768. The van der Waals surface area contributed by atoms with E-state index in [9.17, 15) is 0 Å². The monoisotopic (exact) mass is 1810 g/mol. The van der Waals surface area contributed by atoms with Gasteiger partial charge in [-0.3, -0.25) is 0 Å². The number of hydrogen-bond acceptors (Lipinski definition) is 2. The van der Waals surface area contributed by atoms with Gasteiger partial charge in [-0.15, -0.1) is 0 Å². The van der Waals surface area contributed by atoms with E-state index in [1.54, 1.807) is 0 Å². The van der Waals surface area contributed by atoms with Crippen LogP contribution in [-0.4, -0.2) is 9.13 Å². The maximum absolute atomic E-state index is 2.47. The van der Waals surface area contributed by atoms with Crippen molar-refractivity contribution in [2.24, 2.45) is 0 Å². The quantitative estimate of drug-likeness (QED) is 0.0851. The second kappa shape index (κ2) is 35.6. The first-order valence-electron chi connectivity index (χ1n) is 49.1. The molecule has 0 bridgehead atoms. The van der Waals surface area contributed by atoms with Crippen molar-refractivity contribution in [2.75, 3.05) is 9.80 Å². The van der Waals surface area contributed by atoms with Crippen LogP contribution in [0.4, 0.5) is 34.1 Å². The van der Waals surface area contributed by atoms with Gasteiger partial charge in [-0.1, -0.05) is 431 Å². The average molecular weight is 1810 g/mol. The van der Waals surface area contributed by atoms with Gasteiger partial charge < -0.3 is 18.9 Å². The number of benzene rings is 23. The fourth-order valence-electron chi connectivity index (χ4n) is 23.1. The Morgan fingerprint density at radius 1 is 0.148 bits per heavy atom. The summed E-state index contributed by atoms with van der Waals surface area (Å²) in [5, 5.41) is 7.35. The van der Waals surface area contributed by atoms with Crippen LogP contribution in [-0.2, 0) is 10.8 Å². The van der Waals surface area contributed by atoms with Gasteiger partial charge in [-0.05, 0) is 278 Å². The maximum atomic E-state index is 2.47. The predicted molar refractivity (Wildman–Crippen MR) is 596 cm³/mol. The molecule has 0 fully saturated rings. The molecule has 2 aromatic heterocycles. The van der Waals surface area contributed by atoms with Crippen molar-refractivity contribution < 1.29 is 0 Å². The molecule has 0 saturated carbocycles. The number of nitrogens with zero attached hydrogens (tertiary/aromatic N) is 4. The molecule has 23 aromatic carbocycles. The summed E-state index contributed by atoms with van der Waals surface area (Å²) in [7, 11) is 0. The molecule has 4 heteroatoms. The summed E-state index contributed by atoms with van der Waals surface area (Å²) in [6, 6.07) is 209. The molecular weight excluding hydrogens is 1710 g/mol. The molecule has 4 nitrogen and oxygen atoms in total. The molecule has 0 aliphatic heterocycles. The molecule has 2 aliphatic carbocycles. The number of hydrogen-bond donors (Lipinski definition) is 0. The maximum Gasteiger partial charge on any atom is 0.0714 e. The van der Waals surface area contributed by atoms with Crippen molar-refractivity contribution >= 4 is 88.5 Å². The number of fused-ring (bicyclic) bond motifs is 13. The minimum absolute atomic E-state index is 0.499. The zero-order chi connectivity index (χ0) is 94.0. The molecule has 2 aliphatic rings. The number of aromatic nitrogens is 2. The third-order valence-corrected chi connectivity index (χ3v) is 29.5. The fourth-order valence-corrected chi connectivity index (χ4v) is 23.1. The molecule has 0 spiro atoms. The molecule has 0 unspecified atom stereocenters. The van der Waals surface area contributed by atoms with Gasteiger partial charge in [0.2, 0.25) is 0 Å². The lowest BCUT2D eigenvalue weighted by Crippen LogP contribution is -2.28. The number of para-hydroxylation sites is 3. The Hall–Kier alpha value is -18.5. The molecule has 25 aromatic rings. The molecule has 0 amide bonds. The second-order valence-electron chi connectivity index (χ2n) is 37.3. The summed E-state index contributed by atoms with van der Waals surface area (Å²) in [4.78, 5) is 4.88. The number of rotatable bonds is 18. The third-order valence-electron chi connectivity index (χ3n) is 29.5. The van der Waals surface area contributed by atoms with Crippen molar-refractivity contribution in [1.29, 1.82) is 0 Å². The second-order valence-corrected chi connectivity index (χ2v) is 37.3. The molecule has 142 heavy (non-hydrogen) atoms. The molecule has 27 rings (SSSR count). The minimum Gasteiger partial charge on any atom is -0.310 e. The van der Waals surface area contributed by atoms with Gasteiger partial charge in [0.25, 0.3) is 0 Å². The lowest BCUT2D eigenvalue weighted by atomic mass is 9.67. The van der Waals surface area contributed by atoms with Gasteiger partial charge in [0, 0.05) is 66.7 Å². The largest absolute Gasteiger partial charge is 0.310 e. The summed E-state index contributed by atoms with van der Waals surface area (Å²) >= 11 is 0. The van der Waals surface area contributed by atoms with E-state index in [2.05, 4.69) is 589 Å². The van der Waals surface area contributed by atoms with E-state index >= 15 is 0 Å². The summed E-state index contributed by atoms with van der Waals surface area (Å²) in [6.45, 7) is 0. The zero-order valence-corrected chi connectivity index (χ0v) is 78.1. The average Bonchev–Trinajstić information content (AvgIpc) is 1.54. The first kappa shape index (κ1) is 84.1. The number of anilines is 6. The molecule has 2 heterocycles. The molecule has 0 saturated heterocycles. The van der Waals surface area contributed by atoms with E-state index in [1.807, 2.05) is 0 Å². The van der Waals surface area contributed by atoms with E-state index in [-0.39, 0.29) is 0 Å². The van der Waals surface area contributed by atoms with Crippen LogP contribution in [0, 0.1) is 0 Å². The van der Waals surface area contributed by atoms with Crippen LogP contribution in [0.3, 0.4) is 0 Å². The topological polar surface area (TPSA) is 16.3 Å². The van der Waals surface area contributed by atoms with Crippen LogP contribution in [0.15, 0.2) is 570 Å². The highest BCUT2D eigenvalue weighted by Crippen LogP contribution is 2.60. The summed E-state index contributed by atoms with van der Waals surface area (Å²) in [5.74, 6) is 0. The van der Waals surface area contributed by atoms with E-state index in [1.165, 1.54) is 171 Å². The Bertz CT molecular complexity index is 8980. The van der Waals surface area contributed by atoms with Crippen LogP contribution >= 0.6 is 0 Å². The van der Waals surface area contributed by atoms with Crippen molar-refractivity contribution in [3.05, 3.63) is 615 Å². The van der Waals surface area contributed by atoms with Gasteiger partial charge in [0.15, 0.2) is 0 Å². The Kier molecular flexibility index (Phi) is 21.1. The molecule has 0 N–H and O–H groups in total. The van der Waals surface area contributed by atoms with E-state index in [4.69, 9.17) is 0 Å². The smallest absolute Gasteiger partial charge is 0.0714 e. The van der Waals surface area contributed by atoms with Crippen molar-refractivity contribution in [2.45, 2.75) is 10.8 Å². The van der Waals surface area contributed by atoms with E-state index in [0.717, 1.165) is 62.2 Å². The first-order chi connectivity index (χ1) is 70.4. The standard InChI is InChI=1S/C71H48N2.C67H46N2/c1-4-19-49(20-5-1)50-37-40-58(41-38-50)73-69-35-15-13-33-64(69)65-47-55(39-44-70(65)73)53-24-16-23-52(45-53)54-25-17-30-59(46-54)72(68-36-18-22-51-21-10-11-31-61(51)68)60-42-43-63-62-32-12-14-34-66(62)71(67(63)48-60,56-26-6-2-7-27-56)57-28-8-3-9-29-57;1-5-19-47(20-6-1)48-35-38-56(39-36-48)69-65-34-16-14-32-61(65)62-45-52(37-42-66(62)69)50-22-17-21-49(43-50)51-23-18-30-57(44-51)68(55-28-11-4-12-29-55)58-40-41-60-59-31-13-15-33-63(59)67(64(60)46-58,53-24-7-2-8-25-53)54-26-9-3-10-27-54/h1-48H;1-46H. The van der Waals surface area contributed by atoms with Gasteiger partial charge in [-0.25, -0.2) is 0 Å². The van der Waals surface area contributed by atoms with Gasteiger partial charge in [0.05, 0.1) is 38.6 Å². The van der Waals surface area contributed by atoms with Crippen LogP contribution in [0.2, 0.25) is 0 Å². The first-order valence-corrected chi connectivity index (χ1v) is 49.1. The molecular formula is C138H94N4. The Labute approximate surface area is 827 Å². The summed E-state index contributed by atoms with van der Waals surface area (Å²) < 4.78 is 4.79. The highest BCUT2D eigenvalue weighted by atomic mass is 15.2. The molecule has 666 valence electrons. The SMILES string of the molecule is c1ccc(-c2ccc(-n3c4ccccc4c4cc(-c5cccc(-c6cccc(N(c7ccc8c(c7)C(c7ccccc7)(c7ccccc7)c7ccccc7-8)c7cccc8ccccc78)c6)c5)ccc43)cc2)cc1.c1ccc(-c2ccc(-n3c4ccccc4c4cc(-c5cccc(-c6cccc(N(c7ccccc7)c7ccc8c(c7)C(c7ccccc7)(c7ccccc7)c7ccccc7-8)c6)c5)ccc43)cc2)cc1. The van der Waals surface area contributed by atoms with Gasteiger partial charge in [-0.2, -0.15) is 0 Å². The highest BCUT2D eigenvalue weighted by Gasteiger charge is 2.48. The van der Waals surface area contributed by atoms with Crippen LogP contribution in [0.25, 0.3) is 155 Å². The van der Waals surface area contributed by atoms with E-state index in [0.29, 0.717) is 0 Å². The van der Waals surface area contributed by atoms with Crippen LogP contribution in [0.1, 0.15) is 44.5 Å². The minimum atomic E-state index is -0.525. The lowest BCUT2D eigenvalue weighted by Gasteiger charge is -2.35.